The van der Waals surface area contributed by atoms with Crippen molar-refractivity contribution in [3.8, 4) is 0 Å². The number of nitrogens with one attached hydrogen (secondary N) is 1. The number of ketones is 1. The van der Waals surface area contributed by atoms with Crippen LogP contribution in [-0.4, -0.2) is 27.5 Å². The molecule has 0 bridgehead atoms. The third kappa shape index (κ3) is 3.59. The molecule has 1 aromatic rings. The Morgan fingerprint density at radius 2 is 1.65 bits per heavy atom. The molecule has 4 heteroatoms. The number of pyridine rings is 1. The number of hydrogen-bond acceptors (Lipinski definition) is 4. The normalized spacial score (nSPS) is 44.0. The summed E-state index contributed by atoms with van der Waals surface area (Å²) < 4.78 is 0. The molecule has 4 unspecified atom stereocenters. The molecule has 2 N–H and O–H groups in total. The summed E-state index contributed by atoms with van der Waals surface area (Å²) in [6.45, 7) is 21.4. The lowest BCUT2D eigenvalue weighted by Gasteiger charge is -2.72. The lowest BCUT2D eigenvalue weighted by Crippen LogP contribution is -2.66. The second-order valence-corrected chi connectivity index (χ2v) is 16.0. The fourth-order valence-electron chi connectivity index (χ4n) is 11.7. The van der Waals surface area contributed by atoms with Crippen molar-refractivity contribution in [1.82, 2.24) is 10.3 Å². The zero-order chi connectivity index (χ0) is 28.9. The van der Waals surface area contributed by atoms with Gasteiger partial charge >= 0.3 is 0 Å². The molecule has 4 fully saturated rings. The molecule has 0 spiro atoms. The molecule has 1 aromatic heterocycles. The summed E-state index contributed by atoms with van der Waals surface area (Å²) in [7, 11) is 0. The van der Waals surface area contributed by atoms with Crippen LogP contribution in [0.1, 0.15) is 112 Å². The first kappa shape index (κ1) is 28.2. The topological polar surface area (TPSA) is 62.2 Å². The van der Waals surface area contributed by atoms with Gasteiger partial charge in [0.15, 0.2) is 5.78 Å². The number of Topliss-reactive ketones (excluding diaryl/α,β-unsaturated/α-hetero) is 1. The van der Waals surface area contributed by atoms with E-state index in [2.05, 4.69) is 65.3 Å². The fraction of sp³-hybridized carbons (Fsp3) is 0.722. The number of aliphatic hydroxyl groups is 1. The Labute approximate surface area is 242 Å². The predicted molar refractivity (Wildman–Crippen MR) is 162 cm³/mol. The molecule has 5 aliphatic carbocycles. The van der Waals surface area contributed by atoms with Crippen LogP contribution < -0.4 is 5.32 Å². The predicted octanol–water partition coefficient (Wildman–Crippen LogP) is 7.74. The molecule has 40 heavy (non-hydrogen) atoms. The molecule has 4 nitrogen and oxygen atoms in total. The quantitative estimate of drug-likeness (QED) is 0.407. The molecular formula is C36H52N2O2. The highest BCUT2D eigenvalue weighted by Gasteiger charge is 2.70. The first-order valence-corrected chi connectivity index (χ1v) is 16.0. The van der Waals surface area contributed by atoms with E-state index < -0.39 is 0 Å². The third-order valence-electron chi connectivity index (χ3n) is 13.8. The van der Waals surface area contributed by atoms with E-state index in [0.717, 1.165) is 48.9 Å². The van der Waals surface area contributed by atoms with Crippen molar-refractivity contribution < 1.29 is 9.90 Å². The minimum atomic E-state index is -0.331. The number of aliphatic hydroxyl groups excluding tert-OH is 1. The summed E-state index contributed by atoms with van der Waals surface area (Å²) in [5, 5.41) is 14.9. The Hall–Kier alpha value is -1.94. The van der Waals surface area contributed by atoms with Gasteiger partial charge < -0.3 is 10.4 Å². The Morgan fingerprint density at radius 1 is 0.950 bits per heavy atom. The van der Waals surface area contributed by atoms with Crippen molar-refractivity contribution in [2.45, 2.75) is 118 Å². The third-order valence-corrected chi connectivity index (χ3v) is 13.8. The van der Waals surface area contributed by atoms with Gasteiger partial charge in [-0.15, -0.1) is 0 Å². The van der Waals surface area contributed by atoms with Gasteiger partial charge in [-0.3, -0.25) is 9.78 Å². The zero-order valence-electron chi connectivity index (χ0n) is 26.1. The van der Waals surface area contributed by atoms with E-state index in [1.807, 2.05) is 24.5 Å². The molecule has 0 aromatic carbocycles. The summed E-state index contributed by atoms with van der Waals surface area (Å²) in [5.41, 5.74) is 4.74. The number of carbonyl (C=O) groups is 1. The number of carbonyl (C=O) groups excluding carboxylic acids is 1. The number of rotatable bonds is 4. The Kier molecular flexibility index (Phi) is 6.36. The maximum absolute atomic E-state index is 13.8. The molecule has 0 saturated heterocycles. The van der Waals surface area contributed by atoms with Crippen molar-refractivity contribution in [3.05, 3.63) is 47.8 Å². The fourth-order valence-corrected chi connectivity index (χ4v) is 11.7. The molecule has 8 atom stereocenters. The molecule has 6 rings (SSSR count). The van der Waals surface area contributed by atoms with Crippen molar-refractivity contribution in [3.63, 3.8) is 0 Å². The Balaban J connectivity index is 1.41. The van der Waals surface area contributed by atoms with Crippen LogP contribution in [0, 0.1) is 45.3 Å². The minimum absolute atomic E-state index is 0.0315. The number of nitrogens with zero attached hydrogens (tertiary/aromatic N) is 1. The maximum Gasteiger partial charge on any atom is 0.161 e. The summed E-state index contributed by atoms with van der Waals surface area (Å²) in [5.74, 6) is 2.19. The highest BCUT2D eigenvalue weighted by molar-refractivity contribution is 6.01. The van der Waals surface area contributed by atoms with E-state index in [-0.39, 0.29) is 39.2 Å². The maximum atomic E-state index is 13.8. The lowest BCUT2D eigenvalue weighted by molar-refractivity contribution is -0.226. The van der Waals surface area contributed by atoms with Crippen LogP contribution in [0.15, 0.2) is 42.3 Å². The first-order valence-electron chi connectivity index (χ1n) is 16.0. The Bertz CT molecular complexity index is 1250. The van der Waals surface area contributed by atoms with E-state index in [0.29, 0.717) is 30.0 Å². The summed E-state index contributed by atoms with van der Waals surface area (Å²) in [6, 6.07) is 4.02. The Morgan fingerprint density at radius 3 is 2.33 bits per heavy atom. The van der Waals surface area contributed by atoms with Crippen LogP contribution in [0.25, 0.3) is 5.70 Å². The standard InChI is InChI=1S/C36H52N2O2/c1-22(2)30-26(39)21-36(38-23(3)24-13-19-37-20-14-24)18-17-34(7)25(31(30)36)9-10-28-33(6)15-12-29(40)32(4,5)27(33)11-16-35(28,34)8/h13-14,19-20,22,25,27-29,38,40H,3,9-12,15-18,21H2,1-2,4-8H3/t25?,27?,28?,29-,33?,34+,35+,36+/m0/s1. The highest BCUT2D eigenvalue weighted by Crippen LogP contribution is 2.75. The number of allylic oxidation sites excluding steroid dienone is 1. The molecule has 0 amide bonds. The van der Waals surface area contributed by atoms with Gasteiger partial charge in [0.1, 0.15) is 0 Å². The zero-order valence-corrected chi connectivity index (χ0v) is 26.1. The van der Waals surface area contributed by atoms with E-state index >= 15 is 0 Å². The molecule has 0 radical (unpaired) electrons. The molecular weight excluding hydrogens is 492 g/mol. The first-order chi connectivity index (χ1) is 18.7. The van der Waals surface area contributed by atoms with Gasteiger partial charge in [0.25, 0.3) is 0 Å². The molecule has 4 saturated carbocycles. The second-order valence-electron chi connectivity index (χ2n) is 16.0. The lowest BCUT2D eigenvalue weighted by atomic mass is 9.33. The second kappa shape index (κ2) is 9.03. The van der Waals surface area contributed by atoms with E-state index in [4.69, 9.17) is 0 Å². The largest absolute Gasteiger partial charge is 0.393 e. The highest BCUT2D eigenvalue weighted by atomic mass is 16.3. The van der Waals surface area contributed by atoms with Crippen molar-refractivity contribution in [1.29, 1.82) is 0 Å². The number of fused-ring (bicyclic) bond motifs is 7. The van der Waals surface area contributed by atoms with Gasteiger partial charge in [-0.2, -0.15) is 0 Å². The van der Waals surface area contributed by atoms with Crippen LogP contribution in [0.2, 0.25) is 0 Å². The minimum Gasteiger partial charge on any atom is -0.393 e. The number of aromatic nitrogens is 1. The van der Waals surface area contributed by atoms with Gasteiger partial charge in [-0.05, 0) is 120 Å². The average Bonchev–Trinajstić information content (AvgIpc) is 3.19. The monoisotopic (exact) mass is 544 g/mol. The SMILES string of the molecule is C=C(N[C@@]12CC[C@]3(C)C(CCC4C5(C)CC[C@H](O)C(C)(C)C5CC[C@]43C)C1=C(C(C)C)C(=O)C2)c1ccncc1. The van der Waals surface area contributed by atoms with Crippen molar-refractivity contribution in [2.24, 2.45) is 45.3 Å². The van der Waals surface area contributed by atoms with E-state index in [1.165, 1.54) is 24.8 Å². The van der Waals surface area contributed by atoms with Gasteiger partial charge in [-0.1, -0.05) is 55.0 Å². The summed E-state index contributed by atoms with van der Waals surface area (Å²) >= 11 is 0. The smallest absolute Gasteiger partial charge is 0.161 e. The molecule has 0 aliphatic heterocycles. The molecule has 218 valence electrons. The van der Waals surface area contributed by atoms with Crippen LogP contribution >= 0.6 is 0 Å². The molecule has 1 heterocycles. The van der Waals surface area contributed by atoms with Crippen molar-refractivity contribution >= 4 is 11.5 Å². The van der Waals surface area contributed by atoms with Gasteiger partial charge in [0.2, 0.25) is 0 Å². The van der Waals surface area contributed by atoms with E-state index in [1.54, 1.807) is 0 Å². The van der Waals surface area contributed by atoms with E-state index in [9.17, 15) is 9.90 Å². The summed E-state index contributed by atoms with van der Waals surface area (Å²) in [4.78, 5) is 18.0. The van der Waals surface area contributed by atoms with Crippen LogP contribution in [0.5, 0.6) is 0 Å². The van der Waals surface area contributed by atoms with Gasteiger partial charge in [-0.25, -0.2) is 0 Å². The van der Waals surface area contributed by atoms with Crippen LogP contribution in [-0.2, 0) is 4.79 Å². The number of hydrogen-bond donors (Lipinski definition) is 2. The summed E-state index contributed by atoms with van der Waals surface area (Å²) in [6.07, 6.45) is 13.0. The van der Waals surface area contributed by atoms with Gasteiger partial charge in [0.05, 0.1) is 11.6 Å². The van der Waals surface area contributed by atoms with Crippen molar-refractivity contribution in [2.75, 3.05) is 0 Å². The average molecular weight is 545 g/mol. The van der Waals surface area contributed by atoms with Crippen LogP contribution in [0.4, 0.5) is 0 Å². The van der Waals surface area contributed by atoms with Crippen LogP contribution in [0.3, 0.4) is 0 Å². The van der Waals surface area contributed by atoms with Gasteiger partial charge in [0, 0.05) is 30.1 Å². The molecule has 5 aliphatic rings.